The van der Waals surface area contributed by atoms with Crippen LogP contribution in [0.5, 0.6) is 0 Å². The highest BCUT2D eigenvalue weighted by Gasteiger charge is 2.18. The van der Waals surface area contributed by atoms with Crippen LogP contribution in [0.25, 0.3) is 0 Å². The van der Waals surface area contributed by atoms with Gasteiger partial charge in [0.25, 0.3) is 0 Å². The summed E-state index contributed by atoms with van der Waals surface area (Å²) >= 11 is 0. The van der Waals surface area contributed by atoms with Gasteiger partial charge in [0.05, 0.1) is 25.4 Å². The monoisotopic (exact) mass is 928 g/mol. The Labute approximate surface area is 411 Å². The van der Waals surface area contributed by atoms with Gasteiger partial charge in [0.15, 0.2) is 0 Å². The van der Waals surface area contributed by atoms with Gasteiger partial charge in [-0.05, 0) is 83.5 Å². The van der Waals surface area contributed by atoms with E-state index in [1.165, 1.54) is 218 Å². The van der Waals surface area contributed by atoms with Crippen molar-refractivity contribution >= 4 is 11.9 Å². The third-order valence-corrected chi connectivity index (χ3v) is 13.4. The normalized spacial score (nSPS) is 12.8. The Kier molecular flexibility index (Phi) is 54.1. The first-order valence-corrected chi connectivity index (χ1v) is 29.3. The fourth-order valence-electron chi connectivity index (χ4n) is 8.86. The average molecular weight is 929 g/mol. The molecule has 0 heterocycles. The summed E-state index contributed by atoms with van der Waals surface area (Å²) in [5.74, 6) is -0.0916. The summed E-state index contributed by atoms with van der Waals surface area (Å²) in [6, 6.07) is -0.640. The highest BCUT2D eigenvalue weighted by molar-refractivity contribution is 5.76. The zero-order valence-electron chi connectivity index (χ0n) is 44.2. The third-order valence-electron chi connectivity index (χ3n) is 13.4. The smallest absolute Gasteiger partial charge is 0.305 e. The van der Waals surface area contributed by atoms with Crippen LogP contribution in [0.15, 0.2) is 36.5 Å². The summed E-state index contributed by atoms with van der Waals surface area (Å²) in [7, 11) is 0. The highest BCUT2D eigenvalue weighted by Crippen LogP contribution is 2.16. The Balaban J connectivity index is 3.49. The molecule has 0 saturated carbocycles. The number of carbonyl (C=O) groups is 2. The van der Waals surface area contributed by atoms with Crippen LogP contribution in [0.2, 0.25) is 0 Å². The van der Waals surface area contributed by atoms with Crippen molar-refractivity contribution in [2.75, 3.05) is 13.2 Å². The second-order valence-electron chi connectivity index (χ2n) is 20.0. The van der Waals surface area contributed by atoms with Gasteiger partial charge in [-0.15, -0.1) is 0 Å². The van der Waals surface area contributed by atoms with Gasteiger partial charge < -0.3 is 20.3 Å². The number of ether oxygens (including phenoxy) is 1. The standard InChI is InChI=1S/C60H113NO5/c1-3-5-7-9-11-13-15-17-19-21-26-30-34-38-42-46-50-54-60(65)66-55-51-47-43-39-35-31-27-23-22-25-29-33-37-41-45-49-53-59(64)61-57(56-62)58(63)52-48-44-40-36-32-28-24-20-18-16-14-12-10-8-6-4-2/h17,19,22,25,48,52,57-58,62-63H,3-16,18,20-21,23-24,26-47,49-51,53-56H2,1-2H3,(H,61,64)/b19-17-,25-22-,52-48+. The Morgan fingerprint density at radius 1 is 0.409 bits per heavy atom. The number of rotatable bonds is 54. The van der Waals surface area contributed by atoms with Crippen LogP contribution in [0, 0.1) is 0 Å². The van der Waals surface area contributed by atoms with E-state index >= 15 is 0 Å². The number of unbranched alkanes of at least 4 members (excludes halogenated alkanes) is 39. The van der Waals surface area contributed by atoms with Crippen molar-refractivity contribution in [2.45, 2.75) is 321 Å². The number of allylic oxidation sites excluding steroid dienone is 5. The Morgan fingerprint density at radius 3 is 1.08 bits per heavy atom. The summed E-state index contributed by atoms with van der Waals surface area (Å²) in [4.78, 5) is 24.5. The van der Waals surface area contributed by atoms with Crippen molar-refractivity contribution in [3.63, 3.8) is 0 Å². The SMILES string of the molecule is CCCCCCCC/C=C\CCCCCCCCCC(=O)OCCCCCCCCC/C=C\CCCCCCCC(=O)NC(CO)C(O)/C=C/CCCCCCCCCCCCCCCC. The Bertz CT molecular complexity index is 1070. The zero-order valence-corrected chi connectivity index (χ0v) is 44.2. The van der Waals surface area contributed by atoms with Crippen LogP contribution in [0.4, 0.5) is 0 Å². The predicted octanol–water partition coefficient (Wildman–Crippen LogP) is 18.0. The zero-order chi connectivity index (χ0) is 47.9. The molecule has 0 aliphatic rings. The van der Waals surface area contributed by atoms with E-state index in [1.54, 1.807) is 6.08 Å². The highest BCUT2D eigenvalue weighted by atomic mass is 16.5. The van der Waals surface area contributed by atoms with Crippen molar-refractivity contribution < 1.29 is 24.5 Å². The van der Waals surface area contributed by atoms with Crippen LogP contribution in [0.3, 0.4) is 0 Å². The lowest BCUT2D eigenvalue weighted by atomic mass is 10.0. The van der Waals surface area contributed by atoms with Gasteiger partial charge >= 0.3 is 5.97 Å². The third kappa shape index (κ3) is 51.5. The number of aliphatic hydroxyl groups is 2. The summed E-state index contributed by atoms with van der Waals surface area (Å²) in [6.07, 6.45) is 68.8. The molecule has 2 atom stereocenters. The van der Waals surface area contributed by atoms with Gasteiger partial charge in [0.2, 0.25) is 5.91 Å². The van der Waals surface area contributed by atoms with Crippen LogP contribution in [-0.4, -0.2) is 47.4 Å². The maximum absolute atomic E-state index is 12.5. The van der Waals surface area contributed by atoms with Crippen molar-refractivity contribution in [1.82, 2.24) is 5.32 Å². The predicted molar refractivity (Wildman–Crippen MR) is 287 cm³/mol. The molecule has 0 spiro atoms. The van der Waals surface area contributed by atoms with E-state index in [0.717, 1.165) is 64.2 Å². The average Bonchev–Trinajstić information content (AvgIpc) is 3.32. The molecule has 0 aromatic carbocycles. The molecule has 388 valence electrons. The van der Waals surface area contributed by atoms with Crippen LogP contribution >= 0.6 is 0 Å². The van der Waals surface area contributed by atoms with Crippen molar-refractivity contribution in [1.29, 1.82) is 0 Å². The summed E-state index contributed by atoms with van der Waals surface area (Å²) in [6.45, 7) is 4.88. The van der Waals surface area contributed by atoms with Crippen molar-refractivity contribution in [2.24, 2.45) is 0 Å². The number of hydrogen-bond donors (Lipinski definition) is 3. The quantitative estimate of drug-likeness (QED) is 0.0321. The minimum atomic E-state index is -0.855. The van der Waals surface area contributed by atoms with Crippen molar-refractivity contribution in [3.8, 4) is 0 Å². The lowest BCUT2D eigenvalue weighted by molar-refractivity contribution is -0.143. The van der Waals surface area contributed by atoms with E-state index < -0.39 is 12.1 Å². The number of esters is 1. The molecule has 2 unspecified atom stereocenters. The molecular formula is C60H113NO5. The minimum Gasteiger partial charge on any atom is -0.466 e. The van der Waals surface area contributed by atoms with E-state index in [1.807, 2.05) is 6.08 Å². The van der Waals surface area contributed by atoms with Gasteiger partial charge in [-0.25, -0.2) is 0 Å². The number of aliphatic hydroxyl groups excluding tert-OH is 2. The Hall–Kier alpha value is -1.92. The molecule has 0 aliphatic heterocycles. The lowest BCUT2D eigenvalue weighted by Gasteiger charge is -2.20. The lowest BCUT2D eigenvalue weighted by Crippen LogP contribution is -2.45. The minimum absolute atomic E-state index is 0.00728. The molecule has 1 amide bonds. The molecule has 0 saturated heterocycles. The molecule has 0 aromatic heterocycles. The molecule has 0 aromatic rings. The molecule has 0 bridgehead atoms. The number of nitrogens with one attached hydrogen (secondary N) is 1. The molecule has 0 rings (SSSR count). The molecule has 0 radical (unpaired) electrons. The Morgan fingerprint density at radius 2 is 0.712 bits per heavy atom. The van der Waals surface area contributed by atoms with Gasteiger partial charge in [-0.3, -0.25) is 9.59 Å². The first kappa shape index (κ1) is 64.1. The molecule has 0 fully saturated rings. The first-order valence-electron chi connectivity index (χ1n) is 29.3. The van der Waals surface area contributed by atoms with Crippen LogP contribution < -0.4 is 5.32 Å². The summed E-state index contributed by atoms with van der Waals surface area (Å²) in [5, 5.41) is 23.1. The molecule has 66 heavy (non-hydrogen) atoms. The van der Waals surface area contributed by atoms with Gasteiger partial charge in [0.1, 0.15) is 0 Å². The van der Waals surface area contributed by atoms with Crippen molar-refractivity contribution in [3.05, 3.63) is 36.5 Å². The maximum atomic E-state index is 12.5. The first-order chi connectivity index (χ1) is 32.5. The van der Waals surface area contributed by atoms with Crippen LogP contribution in [0.1, 0.15) is 309 Å². The maximum Gasteiger partial charge on any atom is 0.305 e. The molecule has 6 heteroatoms. The summed E-state index contributed by atoms with van der Waals surface area (Å²) in [5.41, 5.74) is 0. The fraction of sp³-hybridized carbons (Fsp3) is 0.867. The van der Waals surface area contributed by atoms with E-state index in [9.17, 15) is 19.8 Å². The van der Waals surface area contributed by atoms with Gasteiger partial charge in [-0.2, -0.15) is 0 Å². The van der Waals surface area contributed by atoms with E-state index in [2.05, 4.69) is 43.5 Å². The van der Waals surface area contributed by atoms with Gasteiger partial charge in [0, 0.05) is 12.8 Å². The number of hydrogen-bond acceptors (Lipinski definition) is 5. The second kappa shape index (κ2) is 55.7. The van der Waals surface area contributed by atoms with E-state index in [0.29, 0.717) is 19.4 Å². The molecule has 0 aliphatic carbocycles. The van der Waals surface area contributed by atoms with E-state index in [4.69, 9.17) is 4.74 Å². The largest absolute Gasteiger partial charge is 0.466 e. The van der Waals surface area contributed by atoms with E-state index in [-0.39, 0.29) is 18.5 Å². The summed E-state index contributed by atoms with van der Waals surface area (Å²) < 4.78 is 5.48. The number of amides is 1. The molecular weight excluding hydrogens is 815 g/mol. The number of carbonyl (C=O) groups excluding carboxylic acids is 2. The second-order valence-corrected chi connectivity index (χ2v) is 20.0. The molecule has 6 nitrogen and oxygen atoms in total. The molecule has 3 N–H and O–H groups in total. The van der Waals surface area contributed by atoms with Crippen LogP contribution in [-0.2, 0) is 14.3 Å². The fourth-order valence-corrected chi connectivity index (χ4v) is 8.86. The topological polar surface area (TPSA) is 95.9 Å². The van der Waals surface area contributed by atoms with Gasteiger partial charge in [-0.1, -0.05) is 249 Å².